The number of aromatic nitrogens is 2. The van der Waals surface area contributed by atoms with Crippen molar-refractivity contribution in [3.05, 3.63) is 193 Å². The first-order chi connectivity index (χ1) is 21.8. The van der Waals surface area contributed by atoms with Crippen LogP contribution in [0.25, 0.3) is 44.1 Å². The molecule has 0 aliphatic rings. The number of hydrogen-bond donors (Lipinski definition) is 0. The zero-order chi connectivity index (χ0) is 29.6. The molecule has 8 rings (SSSR count). The summed E-state index contributed by atoms with van der Waals surface area (Å²) in [7, 11) is 0. The minimum absolute atomic E-state index is 0.912. The van der Waals surface area contributed by atoms with Crippen LogP contribution in [-0.2, 0) is 13.1 Å². The summed E-state index contributed by atoms with van der Waals surface area (Å²) in [4.78, 5) is 0. The van der Waals surface area contributed by atoms with Gasteiger partial charge in [0.25, 0.3) is 0 Å². The van der Waals surface area contributed by atoms with Gasteiger partial charge in [-0.2, -0.15) is 0 Å². The maximum atomic E-state index is 2.30. The minimum Gasteiger partial charge on any atom is -0.343 e. The number of hydrogen-bond acceptors (Lipinski definition) is 0. The van der Waals surface area contributed by atoms with E-state index in [4.69, 9.17) is 0 Å². The monoisotopic (exact) mass is 566 g/mol. The summed E-state index contributed by atoms with van der Waals surface area (Å²) in [6, 6.07) is 60.0. The zero-order valence-corrected chi connectivity index (χ0v) is 24.6. The lowest BCUT2D eigenvalue weighted by Crippen LogP contribution is -1.97. The van der Waals surface area contributed by atoms with E-state index in [-0.39, 0.29) is 0 Å². The van der Waals surface area contributed by atoms with Crippen molar-refractivity contribution >= 4 is 21.8 Å². The number of nitrogens with zero attached hydrogens (tertiary/aromatic N) is 2. The Morgan fingerprint density at radius 2 is 0.682 bits per heavy atom. The first-order valence-electron chi connectivity index (χ1n) is 15.2. The molecule has 0 saturated heterocycles. The lowest BCUT2D eigenvalue weighted by atomic mass is 10.0. The van der Waals surface area contributed by atoms with E-state index in [0.29, 0.717) is 0 Å². The molecule has 0 unspecified atom stereocenters. The van der Waals surface area contributed by atoms with Gasteiger partial charge in [0.05, 0.1) is 0 Å². The molecule has 0 N–H and O–H groups in total. The highest BCUT2D eigenvalue weighted by molar-refractivity contribution is 5.86. The van der Waals surface area contributed by atoms with Gasteiger partial charge in [-0.15, -0.1) is 0 Å². The van der Waals surface area contributed by atoms with Gasteiger partial charge in [-0.1, -0.05) is 133 Å². The van der Waals surface area contributed by atoms with E-state index in [1.807, 2.05) is 0 Å². The third kappa shape index (κ3) is 6.11. The Hall–Kier alpha value is -5.60. The highest BCUT2D eigenvalue weighted by Crippen LogP contribution is 2.27. The van der Waals surface area contributed by atoms with E-state index >= 15 is 0 Å². The molecule has 2 aromatic heterocycles. The normalized spacial score (nSPS) is 10.9. The SMILES string of the molecule is c1ccc(Cn2ccc3cc(-c4ccccc4)ccc32)cc1.c1ccc(Cn2ccc3cc(-c4ccccc4)ccc32)cc1. The molecular weight excluding hydrogens is 532 g/mol. The average Bonchev–Trinajstić information content (AvgIpc) is 3.69. The van der Waals surface area contributed by atoms with Gasteiger partial charge < -0.3 is 9.13 Å². The van der Waals surface area contributed by atoms with Crippen LogP contribution in [0.15, 0.2) is 182 Å². The molecule has 2 heteroatoms. The molecule has 0 radical (unpaired) electrons. The standard InChI is InChI=1S/2C21H17N/c2*1-3-7-17(8-4-1)16-22-14-13-20-15-19(11-12-21(20)22)18-9-5-2-6-10-18/h2*1-15H,16H2. The summed E-state index contributed by atoms with van der Waals surface area (Å²) in [5.41, 5.74) is 10.3. The zero-order valence-electron chi connectivity index (χ0n) is 24.6. The summed E-state index contributed by atoms with van der Waals surface area (Å²) < 4.78 is 4.61. The largest absolute Gasteiger partial charge is 0.343 e. The molecule has 2 nitrogen and oxygen atoms in total. The van der Waals surface area contributed by atoms with Crippen LogP contribution in [0.2, 0.25) is 0 Å². The van der Waals surface area contributed by atoms with Crippen molar-refractivity contribution < 1.29 is 0 Å². The third-order valence-corrected chi connectivity index (χ3v) is 8.15. The van der Waals surface area contributed by atoms with Gasteiger partial charge in [-0.3, -0.25) is 0 Å². The lowest BCUT2D eigenvalue weighted by molar-refractivity contribution is 0.837. The smallest absolute Gasteiger partial charge is 0.0483 e. The molecule has 0 aliphatic carbocycles. The predicted octanol–water partition coefficient (Wildman–Crippen LogP) is 10.7. The van der Waals surface area contributed by atoms with Gasteiger partial charge >= 0.3 is 0 Å². The molecule has 212 valence electrons. The molecule has 0 atom stereocenters. The molecule has 44 heavy (non-hydrogen) atoms. The third-order valence-electron chi connectivity index (χ3n) is 8.15. The topological polar surface area (TPSA) is 9.86 Å². The first kappa shape index (κ1) is 27.2. The average molecular weight is 567 g/mol. The van der Waals surface area contributed by atoms with E-state index in [2.05, 4.69) is 191 Å². The van der Waals surface area contributed by atoms with Gasteiger partial charge in [-0.05, 0) is 69.8 Å². The van der Waals surface area contributed by atoms with Crippen LogP contribution in [0.5, 0.6) is 0 Å². The van der Waals surface area contributed by atoms with Crippen LogP contribution < -0.4 is 0 Å². The van der Waals surface area contributed by atoms with E-state index in [9.17, 15) is 0 Å². The second kappa shape index (κ2) is 12.7. The molecule has 6 aromatic carbocycles. The van der Waals surface area contributed by atoms with Crippen LogP contribution in [0, 0.1) is 0 Å². The quantitative estimate of drug-likeness (QED) is 0.189. The maximum Gasteiger partial charge on any atom is 0.0483 e. The van der Waals surface area contributed by atoms with Crippen molar-refractivity contribution in [1.29, 1.82) is 0 Å². The van der Waals surface area contributed by atoms with Crippen LogP contribution in [0.3, 0.4) is 0 Å². The van der Waals surface area contributed by atoms with Crippen molar-refractivity contribution in [3.63, 3.8) is 0 Å². The lowest BCUT2D eigenvalue weighted by Gasteiger charge is -2.07. The van der Waals surface area contributed by atoms with Crippen LogP contribution in [0.4, 0.5) is 0 Å². The van der Waals surface area contributed by atoms with E-state index < -0.39 is 0 Å². The summed E-state index contributed by atoms with van der Waals surface area (Å²) in [5.74, 6) is 0. The van der Waals surface area contributed by atoms with Crippen molar-refractivity contribution in [2.24, 2.45) is 0 Å². The Balaban J connectivity index is 0.000000142. The molecule has 0 fully saturated rings. The molecule has 8 aromatic rings. The highest BCUT2D eigenvalue weighted by Gasteiger charge is 2.06. The summed E-state index contributed by atoms with van der Waals surface area (Å²) in [5, 5.41) is 2.58. The van der Waals surface area contributed by atoms with Gasteiger partial charge in [-0.25, -0.2) is 0 Å². The van der Waals surface area contributed by atoms with Crippen molar-refractivity contribution in [2.45, 2.75) is 13.1 Å². The summed E-state index contributed by atoms with van der Waals surface area (Å²) in [6.07, 6.45) is 4.35. The Labute approximate surface area is 259 Å². The minimum atomic E-state index is 0.912. The molecule has 0 bridgehead atoms. The van der Waals surface area contributed by atoms with Gasteiger partial charge in [0.2, 0.25) is 0 Å². The van der Waals surface area contributed by atoms with Crippen LogP contribution in [0.1, 0.15) is 11.1 Å². The van der Waals surface area contributed by atoms with Gasteiger partial charge in [0, 0.05) is 47.3 Å². The highest BCUT2D eigenvalue weighted by atomic mass is 15.0. The molecular formula is C42H34N2. The van der Waals surface area contributed by atoms with E-state index in [1.54, 1.807) is 0 Å². The second-order valence-corrected chi connectivity index (χ2v) is 11.1. The second-order valence-electron chi connectivity index (χ2n) is 11.1. The predicted molar refractivity (Wildman–Crippen MR) is 186 cm³/mol. The number of fused-ring (bicyclic) bond motifs is 2. The fourth-order valence-corrected chi connectivity index (χ4v) is 5.86. The Bertz CT molecular complexity index is 1930. The Kier molecular flexibility index (Phi) is 7.88. The fourth-order valence-electron chi connectivity index (χ4n) is 5.86. The molecule has 0 spiro atoms. The maximum absolute atomic E-state index is 2.30. The van der Waals surface area contributed by atoms with Gasteiger partial charge in [0.1, 0.15) is 0 Å². The van der Waals surface area contributed by atoms with Crippen LogP contribution in [-0.4, -0.2) is 9.13 Å². The molecule has 2 heterocycles. The first-order valence-corrected chi connectivity index (χ1v) is 15.2. The Morgan fingerprint density at radius 1 is 0.318 bits per heavy atom. The molecule has 0 aliphatic heterocycles. The van der Waals surface area contributed by atoms with Crippen molar-refractivity contribution in [2.75, 3.05) is 0 Å². The molecule has 0 amide bonds. The van der Waals surface area contributed by atoms with Crippen LogP contribution >= 0.6 is 0 Å². The van der Waals surface area contributed by atoms with Gasteiger partial charge in [0.15, 0.2) is 0 Å². The Morgan fingerprint density at radius 3 is 1.07 bits per heavy atom. The fraction of sp³-hybridized carbons (Fsp3) is 0.0476. The molecule has 0 saturated carbocycles. The van der Waals surface area contributed by atoms with Crippen molar-refractivity contribution in [3.8, 4) is 22.3 Å². The summed E-state index contributed by atoms with van der Waals surface area (Å²) >= 11 is 0. The van der Waals surface area contributed by atoms with E-state index in [1.165, 1.54) is 55.2 Å². The van der Waals surface area contributed by atoms with E-state index in [0.717, 1.165) is 13.1 Å². The number of benzene rings is 6. The van der Waals surface area contributed by atoms with Crippen molar-refractivity contribution in [1.82, 2.24) is 9.13 Å². The summed E-state index contributed by atoms with van der Waals surface area (Å²) in [6.45, 7) is 1.82. The number of rotatable bonds is 6.